The van der Waals surface area contributed by atoms with E-state index in [1.807, 2.05) is 6.92 Å². The van der Waals surface area contributed by atoms with Crippen LogP contribution in [0.15, 0.2) is 5.51 Å². The molecule has 0 spiro atoms. The van der Waals surface area contributed by atoms with Crippen LogP contribution in [0.1, 0.15) is 28.2 Å². The molecule has 1 saturated heterocycles. The molecule has 0 bridgehead atoms. The average Bonchev–Trinajstić information content (AvgIpc) is 2.84. The number of carbonyl (C=O) groups is 1. The number of aromatic nitrogens is 1. The van der Waals surface area contributed by atoms with Gasteiger partial charge in [-0.3, -0.25) is 4.79 Å². The van der Waals surface area contributed by atoms with Crippen LogP contribution in [0.4, 0.5) is 0 Å². The third-order valence-electron chi connectivity index (χ3n) is 2.79. The number of nitrogens with zero attached hydrogens (tertiary/aromatic N) is 2. The van der Waals surface area contributed by atoms with Gasteiger partial charge in [-0.05, 0) is 19.8 Å². The number of hydrogen-bond acceptors (Lipinski definition) is 4. The minimum absolute atomic E-state index is 0.000926. The van der Waals surface area contributed by atoms with Crippen molar-refractivity contribution < 1.29 is 9.90 Å². The first-order valence-electron chi connectivity index (χ1n) is 5.06. The highest BCUT2D eigenvalue weighted by molar-refractivity contribution is 7.11. The van der Waals surface area contributed by atoms with Gasteiger partial charge in [-0.15, -0.1) is 11.3 Å². The van der Waals surface area contributed by atoms with Crippen LogP contribution < -0.4 is 0 Å². The molecule has 1 atom stereocenters. The van der Waals surface area contributed by atoms with Crippen LogP contribution in [0.2, 0.25) is 0 Å². The lowest BCUT2D eigenvalue weighted by atomic mass is 10.2. The molecule has 2 rings (SSSR count). The Morgan fingerprint density at radius 2 is 2.60 bits per heavy atom. The summed E-state index contributed by atoms with van der Waals surface area (Å²) in [7, 11) is 0. The standard InChI is InChI=1S/C10H14N2O2S/c1-7-9(15-6-11-7)10(14)12-4-2-3-8(12)5-13/h6,8,13H,2-5H2,1H3/t8-/m0/s1. The Morgan fingerprint density at radius 3 is 3.20 bits per heavy atom. The van der Waals surface area contributed by atoms with Crippen molar-refractivity contribution in [3.8, 4) is 0 Å². The van der Waals surface area contributed by atoms with Crippen molar-refractivity contribution in [2.75, 3.05) is 13.2 Å². The first-order chi connectivity index (χ1) is 7.24. The molecule has 1 aromatic heterocycles. The van der Waals surface area contributed by atoms with Crippen LogP contribution >= 0.6 is 11.3 Å². The SMILES string of the molecule is Cc1ncsc1C(=O)N1CCC[C@H]1CO. The molecule has 1 aliphatic rings. The lowest BCUT2D eigenvalue weighted by Crippen LogP contribution is -2.37. The van der Waals surface area contributed by atoms with E-state index < -0.39 is 0 Å². The van der Waals surface area contributed by atoms with E-state index in [4.69, 9.17) is 5.11 Å². The number of hydrogen-bond donors (Lipinski definition) is 1. The van der Waals surface area contributed by atoms with Crippen LogP contribution in [0.3, 0.4) is 0 Å². The Bertz CT molecular complexity index is 364. The highest BCUT2D eigenvalue weighted by atomic mass is 32.1. The van der Waals surface area contributed by atoms with Crippen molar-refractivity contribution >= 4 is 17.2 Å². The third kappa shape index (κ3) is 1.89. The van der Waals surface area contributed by atoms with Gasteiger partial charge in [-0.2, -0.15) is 0 Å². The number of carbonyl (C=O) groups excluding carboxylic acids is 1. The third-order valence-corrected chi connectivity index (χ3v) is 3.71. The van der Waals surface area contributed by atoms with Crippen molar-refractivity contribution in [2.24, 2.45) is 0 Å². The van der Waals surface area contributed by atoms with Crippen molar-refractivity contribution in [1.82, 2.24) is 9.88 Å². The molecule has 0 radical (unpaired) electrons. The molecule has 1 aliphatic heterocycles. The molecule has 2 heterocycles. The lowest BCUT2D eigenvalue weighted by molar-refractivity contribution is 0.0681. The van der Waals surface area contributed by atoms with E-state index in [1.54, 1.807) is 10.4 Å². The first-order valence-corrected chi connectivity index (χ1v) is 5.94. The summed E-state index contributed by atoms with van der Waals surface area (Å²) in [5.41, 5.74) is 2.47. The van der Waals surface area contributed by atoms with Gasteiger partial charge >= 0.3 is 0 Å². The van der Waals surface area contributed by atoms with Gasteiger partial charge in [0.05, 0.1) is 23.9 Å². The van der Waals surface area contributed by atoms with E-state index in [9.17, 15) is 4.79 Å². The summed E-state index contributed by atoms with van der Waals surface area (Å²) >= 11 is 1.37. The highest BCUT2D eigenvalue weighted by Gasteiger charge is 2.30. The minimum Gasteiger partial charge on any atom is -0.394 e. The Kier molecular flexibility index (Phi) is 3.02. The van der Waals surface area contributed by atoms with E-state index in [0.717, 1.165) is 25.1 Å². The smallest absolute Gasteiger partial charge is 0.266 e. The topological polar surface area (TPSA) is 53.4 Å². The zero-order valence-corrected chi connectivity index (χ0v) is 9.46. The number of likely N-dealkylation sites (tertiary alicyclic amines) is 1. The number of aliphatic hydroxyl groups excluding tert-OH is 1. The molecule has 4 nitrogen and oxygen atoms in total. The summed E-state index contributed by atoms with van der Waals surface area (Å²) in [6, 6.07) is -0.000926. The molecular formula is C10H14N2O2S. The summed E-state index contributed by atoms with van der Waals surface area (Å²) < 4.78 is 0. The Morgan fingerprint density at radius 1 is 1.80 bits per heavy atom. The zero-order chi connectivity index (χ0) is 10.8. The van der Waals surface area contributed by atoms with Gasteiger partial charge in [0.2, 0.25) is 0 Å². The number of aryl methyl sites for hydroxylation is 1. The molecule has 0 saturated carbocycles. The fraction of sp³-hybridized carbons (Fsp3) is 0.600. The van der Waals surface area contributed by atoms with Crippen LogP contribution in [-0.4, -0.2) is 40.1 Å². The quantitative estimate of drug-likeness (QED) is 0.820. The van der Waals surface area contributed by atoms with Crippen LogP contribution in [0.5, 0.6) is 0 Å². The van der Waals surface area contributed by atoms with E-state index in [1.165, 1.54) is 11.3 Å². The summed E-state index contributed by atoms with van der Waals surface area (Å²) in [4.78, 5) is 18.6. The van der Waals surface area contributed by atoms with Gasteiger partial charge < -0.3 is 10.0 Å². The van der Waals surface area contributed by atoms with Gasteiger partial charge in [-0.25, -0.2) is 4.98 Å². The van der Waals surface area contributed by atoms with Gasteiger partial charge in [0.1, 0.15) is 4.88 Å². The summed E-state index contributed by atoms with van der Waals surface area (Å²) in [6.07, 6.45) is 1.88. The van der Waals surface area contributed by atoms with E-state index in [0.29, 0.717) is 4.88 Å². The fourth-order valence-corrected chi connectivity index (χ4v) is 2.69. The Labute approximate surface area is 92.6 Å². The van der Waals surface area contributed by atoms with E-state index in [2.05, 4.69) is 4.98 Å². The summed E-state index contributed by atoms with van der Waals surface area (Å²) in [5.74, 6) is 0.0200. The largest absolute Gasteiger partial charge is 0.394 e. The predicted octanol–water partition coefficient (Wildman–Crippen LogP) is 1.05. The van der Waals surface area contributed by atoms with Gasteiger partial charge in [0.15, 0.2) is 0 Å². The second kappa shape index (κ2) is 4.28. The second-order valence-corrected chi connectivity index (χ2v) is 4.60. The number of amides is 1. The maximum atomic E-state index is 12.1. The normalized spacial score (nSPS) is 20.9. The molecule has 1 N–H and O–H groups in total. The zero-order valence-electron chi connectivity index (χ0n) is 8.64. The molecule has 0 unspecified atom stereocenters. The van der Waals surface area contributed by atoms with Crippen molar-refractivity contribution in [1.29, 1.82) is 0 Å². The maximum absolute atomic E-state index is 12.1. The molecular weight excluding hydrogens is 212 g/mol. The summed E-state index contributed by atoms with van der Waals surface area (Å²) in [6.45, 7) is 2.65. The molecule has 1 fully saturated rings. The van der Waals surface area contributed by atoms with Gasteiger partial charge in [0.25, 0.3) is 5.91 Å². The lowest BCUT2D eigenvalue weighted by Gasteiger charge is -2.22. The van der Waals surface area contributed by atoms with Crippen LogP contribution in [0, 0.1) is 6.92 Å². The predicted molar refractivity (Wildman–Crippen MR) is 58.0 cm³/mol. The number of aliphatic hydroxyl groups is 1. The summed E-state index contributed by atoms with van der Waals surface area (Å²) in [5, 5.41) is 9.15. The van der Waals surface area contributed by atoms with Gasteiger partial charge in [0, 0.05) is 6.54 Å². The molecule has 15 heavy (non-hydrogen) atoms. The van der Waals surface area contributed by atoms with Crippen LogP contribution in [0.25, 0.3) is 0 Å². The van der Waals surface area contributed by atoms with Crippen LogP contribution in [-0.2, 0) is 0 Å². The minimum atomic E-state index is -0.000926. The molecule has 0 aromatic carbocycles. The monoisotopic (exact) mass is 226 g/mol. The number of thiazole rings is 1. The van der Waals surface area contributed by atoms with E-state index in [-0.39, 0.29) is 18.6 Å². The first kappa shape index (κ1) is 10.6. The molecule has 1 aromatic rings. The molecule has 82 valence electrons. The Hall–Kier alpha value is -0.940. The average molecular weight is 226 g/mol. The number of rotatable bonds is 2. The molecule has 0 aliphatic carbocycles. The second-order valence-electron chi connectivity index (χ2n) is 3.74. The maximum Gasteiger partial charge on any atom is 0.266 e. The van der Waals surface area contributed by atoms with Crippen molar-refractivity contribution in [2.45, 2.75) is 25.8 Å². The molecule has 5 heteroatoms. The molecule has 1 amide bonds. The van der Waals surface area contributed by atoms with Crippen molar-refractivity contribution in [3.05, 3.63) is 16.1 Å². The van der Waals surface area contributed by atoms with Crippen molar-refractivity contribution in [3.63, 3.8) is 0 Å². The highest BCUT2D eigenvalue weighted by Crippen LogP contribution is 2.22. The van der Waals surface area contributed by atoms with Gasteiger partial charge in [-0.1, -0.05) is 0 Å². The van der Waals surface area contributed by atoms with E-state index >= 15 is 0 Å². The Balaban J connectivity index is 2.18. The fourth-order valence-electron chi connectivity index (χ4n) is 1.93.